The number of hydrogen-bond acceptors (Lipinski definition) is 5. The molecule has 3 aromatic carbocycles. The molecule has 0 radical (unpaired) electrons. The molecule has 10 nitrogen and oxygen atoms in total. The lowest BCUT2D eigenvalue weighted by atomic mass is 10.0. The second-order valence-corrected chi connectivity index (χ2v) is 12.7. The number of halogens is 5. The molecule has 1 aliphatic rings. The predicted octanol–water partition coefficient (Wildman–Crippen LogP) is 4.94. The van der Waals surface area contributed by atoms with Crippen LogP contribution in [0.25, 0.3) is 0 Å². The molecule has 3 aromatic rings. The normalized spacial score (nSPS) is 16.4. The van der Waals surface area contributed by atoms with Gasteiger partial charge in [-0.05, 0) is 35.4 Å². The molecule has 0 saturated carbocycles. The van der Waals surface area contributed by atoms with Crippen LogP contribution in [0.2, 0.25) is 0 Å². The van der Waals surface area contributed by atoms with Gasteiger partial charge in [0.2, 0.25) is 5.91 Å². The third kappa shape index (κ3) is 8.00. The quantitative estimate of drug-likeness (QED) is 0.158. The van der Waals surface area contributed by atoms with Gasteiger partial charge in [0.05, 0.1) is 17.8 Å². The zero-order valence-corrected chi connectivity index (χ0v) is 24.6. The number of benzene rings is 3. The molecule has 0 bridgehead atoms. The number of thioether (sulfide) groups is 1. The van der Waals surface area contributed by atoms with E-state index in [9.17, 15) is 46.0 Å². The number of amides is 3. The molecule has 0 aromatic heterocycles. The highest BCUT2D eigenvalue weighted by molar-refractivity contribution is 7.99. The Bertz CT molecular complexity index is 1640. The van der Waals surface area contributed by atoms with E-state index in [1.807, 2.05) is 5.32 Å². The summed E-state index contributed by atoms with van der Waals surface area (Å²) in [6.45, 7) is -0.269. The second kappa shape index (κ2) is 13.2. The fraction of sp³-hybridized carbons (Fsp3) is 0.250. The molecule has 1 aliphatic heterocycles. The summed E-state index contributed by atoms with van der Waals surface area (Å²) in [7, 11) is -5.83. The summed E-state index contributed by atoms with van der Waals surface area (Å²) in [5.74, 6) is -1.63. The minimum absolute atomic E-state index is 0.00732. The summed E-state index contributed by atoms with van der Waals surface area (Å²) >= 11 is 1.19. The monoisotopic (exact) mass is 673 g/mol. The zero-order chi connectivity index (χ0) is 33.2. The van der Waals surface area contributed by atoms with Gasteiger partial charge in [-0.2, -0.15) is 22.0 Å². The van der Waals surface area contributed by atoms with Crippen LogP contribution in [0, 0.1) is 0 Å². The molecule has 45 heavy (non-hydrogen) atoms. The molecule has 17 heteroatoms. The van der Waals surface area contributed by atoms with E-state index in [4.69, 9.17) is 9.79 Å². The van der Waals surface area contributed by atoms with Crippen LogP contribution >= 0.6 is 19.4 Å². The number of fused-ring (bicyclic) bond motifs is 1. The van der Waals surface area contributed by atoms with E-state index in [2.05, 4.69) is 5.32 Å². The summed E-state index contributed by atoms with van der Waals surface area (Å²) in [6, 6.07) is 11.9. The van der Waals surface area contributed by atoms with Crippen molar-refractivity contribution in [2.45, 2.75) is 41.8 Å². The number of carbonyl (C=O) groups excluding carboxylic acids is 2. The maximum Gasteiger partial charge on any atom is 0.416 e. The van der Waals surface area contributed by atoms with E-state index in [-0.39, 0.29) is 29.8 Å². The number of nitrogens with one attached hydrogen (secondary N) is 2. The van der Waals surface area contributed by atoms with E-state index in [1.165, 1.54) is 28.8 Å². The van der Waals surface area contributed by atoms with Gasteiger partial charge in [0.1, 0.15) is 12.1 Å². The highest BCUT2D eigenvalue weighted by Crippen LogP contribution is 2.59. The van der Waals surface area contributed by atoms with E-state index >= 15 is 0 Å². The number of para-hydroxylation sites is 1. The average molecular weight is 674 g/mol. The predicted molar refractivity (Wildman–Crippen MR) is 153 cm³/mol. The largest absolute Gasteiger partial charge is 0.465 e. The number of hydrogen-bond donors (Lipinski definition) is 5. The summed E-state index contributed by atoms with van der Waals surface area (Å²) in [4.78, 5) is 58.2. The summed E-state index contributed by atoms with van der Waals surface area (Å²) in [6.07, 6.45) is -6.61. The van der Waals surface area contributed by atoms with Gasteiger partial charge in [0.25, 0.3) is 5.91 Å². The van der Waals surface area contributed by atoms with Gasteiger partial charge >= 0.3 is 25.5 Å². The lowest BCUT2D eigenvalue weighted by Gasteiger charge is -2.27. The van der Waals surface area contributed by atoms with Crippen LogP contribution in [0.5, 0.6) is 0 Å². The van der Waals surface area contributed by atoms with Gasteiger partial charge in [-0.15, -0.1) is 11.8 Å². The molecular formula is C28H25F5N3O7PS. The van der Waals surface area contributed by atoms with Gasteiger partial charge in [-0.3, -0.25) is 14.2 Å². The number of nitrogens with zero attached hydrogens (tertiary/aromatic N) is 1. The molecular weight excluding hydrogens is 648 g/mol. The first-order chi connectivity index (χ1) is 21.0. The van der Waals surface area contributed by atoms with Crippen molar-refractivity contribution in [3.05, 3.63) is 95.1 Å². The Morgan fingerprint density at radius 1 is 0.956 bits per heavy atom. The molecule has 2 unspecified atom stereocenters. The minimum atomic E-state index is -5.83. The minimum Gasteiger partial charge on any atom is -0.465 e. The molecule has 0 spiro atoms. The fourth-order valence-electron chi connectivity index (χ4n) is 4.52. The molecule has 0 aliphatic carbocycles. The van der Waals surface area contributed by atoms with Crippen LogP contribution in [0.4, 0.5) is 32.4 Å². The molecule has 5 N–H and O–H groups in total. The molecule has 0 fully saturated rings. The Balaban J connectivity index is 1.57. The van der Waals surface area contributed by atoms with Crippen molar-refractivity contribution in [3.63, 3.8) is 0 Å². The van der Waals surface area contributed by atoms with Crippen LogP contribution in [-0.2, 0) is 39.0 Å². The second-order valence-electron chi connectivity index (χ2n) is 9.95. The van der Waals surface area contributed by atoms with Crippen molar-refractivity contribution in [3.8, 4) is 0 Å². The summed E-state index contributed by atoms with van der Waals surface area (Å²) in [5.41, 5.74) is -5.66. The Hall–Kier alpha value is -3.98. The van der Waals surface area contributed by atoms with Crippen LogP contribution in [-0.4, -0.2) is 50.6 Å². The fourth-order valence-corrected chi connectivity index (χ4v) is 6.08. The Kier molecular flexibility index (Phi) is 9.92. The molecule has 3 amide bonds. The van der Waals surface area contributed by atoms with E-state index < -0.39 is 60.6 Å². The van der Waals surface area contributed by atoms with Crippen LogP contribution in [0.3, 0.4) is 0 Å². The molecule has 240 valence electrons. The Morgan fingerprint density at radius 2 is 1.62 bits per heavy atom. The standard InChI is InChI=1S/C28H25F5N3O7PS/c29-27(30,31)19-5-3-4-17(12-19)14-36-22-6-1-2-7-23(22)45-15-21(25(36)38)34-24(37)20(35-26(39)40)13-16-8-10-18(11-9-16)28(32,33)44(41,42)43/h1-12,20-21,35H,13-15H2,(H,34,37)(H,39,40)(H2,41,42,43). The van der Waals surface area contributed by atoms with E-state index in [0.29, 0.717) is 10.6 Å². The van der Waals surface area contributed by atoms with Crippen molar-refractivity contribution in [2.24, 2.45) is 0 Å². The van der Waals surface area contributed by atoms with Gasteiger partial charge < -0.3 is 30.4 Å². The number of alkyl halides is 5. The lowest BCUT2D eigenvalue weighted by molar-refractivity contribution is -0.137. The van der Waals surface area contributed by atoms with Gasteiger partial charge in [0.15, 0.2) is 0 Å². The molecule has 2 atom stereocenters. The van der Waals surface area contributed by atoms with Gasteiger partial charge in [0, 0.05) is 22.6 Å². The van der Waals surface area contributed by atoms with Crippen molar-refractivity contribution in [1.82, 2.24) is 10.6 Å². The zero-order valence-electron chi connectivity index (χ0n) is 22.9. The van der Waals surface area contributed by atoms with Gasteiger partial charge in [-0.1, -0.05) is 48.5 Å². The number of rotatable bonds is 9. The number of anilines is 1. The number of carboxylic acid groups (broad SMARTS) is 1. The van der Waals surface area contributed by atoms with Crippen molar-refractivity contribution in [1.29, 1.82) is 0 Å². The van der Waals surface area contributed by atoms with Gasteiger partial charge in [-0.25, -0.2) is 4.79 Å². The summed E-state index contributed by atoms with van der Waals surface area (Å²) < 4.78 is 79.2. The number of carbonyl (C=O) groups is 3. The summed E-state index contributed by atoms with van der Waals surface area (Å²) in [5, 5.41) is 13.8. The topological polar surface area (TPSA) is 156 Å². The molecule has 1 heterocycles. The molecule has 0 saturated heterocycles. The average Bonchev–Trinajstić information content (AvgIpc) is 3.08. The van der Waals surface area contributed by atoms with Crippen molar-refractivity contribution >= 4 is 43.0 Å². The Morgan fingerprint density at radius 3 is 2.24 bits per heavy atom. The SMILES string of the molecule is O=C(O)NC(Cc1ccc(C(F)(F)P(=O)(O)O)cc1)C(=O)NC1CSc2ccccc2N(Cc2cccc(C(F)(F)F)c2)C1=O. The third-order valence-electron chi connectivity index (χ3n) is 6.76. The third-order valence-corrected chi connectivity index (χ3v) is 8.90. The maximum atomic E-state index is 14.0. The molecule has 4 rings (SSSR count). The van der Waals surface area contributed by atoms with Crippen LogP contribution in [0.1, 0.15) is 22.3 Å². The first-order valence-electron chi connectivity index (χ1n) is 13.0. The van der Waals surface area contributed by atoms with Crippen LogP contribution < -0.4 is 15.5 Å². The maximum absolute atomic E-state index is 14.0. The van der Waals surface area contributed by atoms with E-state index in [1.54, 1.807) is 24.3 Å². The highest BCUT2D eigenvalue weighted by atomic mass is 32.2. The van der Waals surface area contributed by atoms with E-state index in [0.717, 1.165) is 36.4 Å². The van der Waals surface area contributed by atoms with Crippen LogP contribution in [0.15, 0.2) is 77.7 Å². The Labute approximate surface area is 256 Å². The van der Waals surface area contributed by atoms with Crippen molar-refractivity contribution in [2.75, 3.05) is 10.7 Å². The highest BCUT2D eigenvalue weighted by Gasteiger charge is 2.50. The first kappa shape index (κ1) is 33.9. The lowest BCUT2D eigenvalue weighted by Crippen LogP contribution is -2.55. The smallest absolute Gasteiger partial charge is 0.416 e. The first-order valence-corrected chi connectivity index (χ1v) is 15.6. The van der Waals surface area contributed by atoms with Crippen molar-refractivity contribution < 1.29 is 55.8 Å².